The first-order valence-corrected chi connectivity index (χ1v) is 9.54. The average molecular weight is 416 g/mol. The molecule has 27 heavy (non-hydrogen) atoms. The molecular formula is C20H14ClNO3S2. The quantitative estimate of drug-likeness (QED) is 0.559. The van der Waals surface area contributed by atoms with E-state index < -0.39 is 17.9 Å². The van der Waals surface area contributed by atoms with Crippen molar-refractivity contribution in [2.75, 3.05) is 0 Å². The summed E-state index contributed by atoms with van der Waals surface area (Å²) in [6.07, 6.45) is 3.23. The maximum absolute atomic E-state index is 12.8. The molecular weight excluding hydrogens is 402 g/mol. The number of carbonyl (C=O) groups is 2. The fourth-order valence-corrected chi connectivity index (χ4v) is 4.22. The zero-order valence-corrected chi connectivity index (χ0v) is 16.3. The van der Waals surface area contributed by atoms with Crippen molar-refractivity contribution in [3.8, 4) is 0 Å². The molecule has 1 saturated heterocycles. The fraction of sp³-hybridized carbons (Fsp3) is 0.0500. The summed E-state index contributed by atoms with van der Waals surface area (Å²) >= 11 is 12.6. The van der Waals surface area contributed by atoms with Crippen LogP contribution in [0.1, 0.15) is 17.2 Å². The van der Waals surface area contributed by atoms with Gasteiger partial charge >= 0.3 is 5.97 Å². The van der Waals surface area contributed by atoms with Crippen LogP contribution in [-0.2, 0) is 9.59 Å². The number of carboxylic acids is 1. The van der Waals surface area contributed by atoms with E-state index in [9.17, 15) is 14.7 Å². The molecule has 1 heterocycles. The van der Waals surface area contributed by atoms with Crippen molar-refractivity contribution in [2.45, 2.75) is 6.04 Å². The summed E-state index contributed by atoms with van der Waals surface area (Å²) in [6, 6.07) is 16.8. The molecule has 1 atom stereocenters. The third-order valence-corrected chi connectivity index (χ3v) is 5.35. The number of rotatable bonds is 5. The summed E-state index contributed by atoms with van der Waals surface area (Å²) < 4.78 is 0.187. The first kappa shape index (κ1) is 19.4. The Labute approximate surface area is 171 Å². The summed E-state index contributed by atoms with van der Waals surface area (Å²) in [7, 11) is 0. The van der Waals surface area contributed by atoms with Crippen LogP contribution in [0.25, 0.3) is 6.08 Å². The van der Waals surface area contributed by atoms with Crippen LogP contribution in [0, 0.1) is 0 Å². The molecule has 0 aromatic heterocycles. The zero-order valence-electron chi connectivity index (χ0n) is 13.9. The Kier molecular flexibility index (Phi) is 6.11. The minimum Gasteiger partial charge on any atom is -0.479 e. The summed E-state index contributed by atoms with van der Waals surface area (Å²) in [4.78, 5) is 26.1. The van der Waals surface area contributed by atoms with E-state index >= 15 is 0 Å². The van der Waals surface area contributed by atoms with E-state index in [1.54, 1.807) is 36.4 Å². The molecule has 2 aromatic carbocycles. The number of carbonyl (C=O) groups excluding carboxylic acids is 1. The molecule has 1 unspecified atom stereocenters. The van der Waals surface area contributed by atoms with E-state index in [-0.39, 0.29) is 4.32 Å². The normalized spacial score (nSPS) is 17.4. The van der Waals surface area contributed by atoms with Crippen LogP contribution in [0.2, 0.25) is 0 Å². The lowest BCUT2D eigenvalue weighted by Crippen LogP contribution is -2.37. The largest absolute Gasteiger partial charge is 0.479 e. The van der Waals surface area contributed by atoms with Crippen molar-refractivity contribution in [2.24, 2.45) is 0 Å². The SMILES string of the molecule is O=C(O)C(c1ccccc1)N1C(=O)/C(=C/C(Cl)=C/c2ccccc2)SC1=S. The number of thioether (sulfide) groups is 1. The minimum absolute atomic E-state index is 0.187. The minimum atomic E-state index is -1.18. The van der Waals surface area contributed by atoms with Gasteiger partial charge in [0.15, 0.2) is 6.04 Å². The van der Waals surface area contributed by atoms with Gasteiger partial charge in [0.2, 0.25) is 0 Å². The Morgan fingerprint density at radius 2 is 1.70 bits per heavy atom. The lowest BCUT2D eigenvalue weighted by molar-refractivity contribution is -0.145. The van der Waals surface area contributed by atoms with E-state index in [1.807, 2.05) is 30.3 Å². The van der Waals surface area contributed by atoms with Gasteiger partial charge in [0.1, 0.15) is 4.32 Å². The number of halogens is 1. The Bertz CT molecular complexity index is 942. The van der Waals surface area contributed by atoms with Crippen LogP contribution in [0.15, 0.2) is 76.7 Å². The molecule has 0 radical (unpaired) electrons. The van der Waals surface area contributed by atoms with Gasteiger partial charge in [-0.2, -0.15) is 0 Å². The standard InChI is InChI=1S/C20H14ClNO3S2/c21-15(11-13-7-3-1-4-8-13)12-16-18(23)22(20(26)27-16)17(19(24)25)14-9-5-2-6-10-14/h1-12,17H,(H,24,25)/b15-11-,16-12-. The number of thiocarbonyl (C=S) groups is 1. The van der Waals surface area contributed by atoms with Gasteiger partial charge < -0.3 is 5.11 Å². The summed E-state index contributed by atoms with van der Waals surface area (Å²) in [5.74, 6) is -1.62. The molecule has 4 nitrogen and oxygen atoms in total. The number of hydrogen-bond donors (Lipinski definition) is 1. The number of nitrogens with zero attached hydrogens (tertiary/aromatic N) is 1. The first-order chi connectivity index (χ1) is 13.0. The van der Waals surface area contributed by atoms with Gasteiger partial charge in [-0.1, -0.05) is 96.2 Å². The molecule has 1 amide bonds. The summed E-state index contributed by atoms with van der Waals surface area (Å²) in [6.45, 7) is 0. The monoisotopic (exact) mass is 415 g/mol. The molecule has 1 fully saturated rings. The Morgan fingerprint density at radius 3 is 2.30 bits per heavy atom. The van der Waals surface area contributed by atoms with Crippen LogP contribution in [0.4, 0.5) is 0 Å². The van der Waals surface area contributed by atoms with Crippen molar-refractivity contribution in [1.29, 1.82) is 0 Å². The number of allylic oxidation sites excluding steroid dienone is 2. The highest BCUT2D eigenvalue weighted by Crippen LogP contribution is 2.38. The van der Waals surface area contributed by atoms with Gasteiger partial charge in [-0.3, -0.25) is 9.69 Å². The number of amides is 1. The third kappa shape index (κ3) is 4.47. The second-order valence-corrected chi connectivity index (χ2v) is 7.76. The van der Waals surface area contributed by atoms with Crippen molar-refractivity contribution < 1.29 is 14.7 Å². The van der Waals surface area contributed by atoms with Crippen molar-refractivity contribution >= 4 is 57.9 Å². The van der Waals surface area contributed by atoms with Crippen LogP contribution in [-0.4, -0.2) is 26.2 Å². The second-order valence-electron chi connectivity index (χ2n) is 5.64. The van der Waals surface area contributed by atoms with Gasteiger partial charge in [0.25, 0.3) is 5.91 Å². The predicted molar refractivity (Wildman–Crippen MR) is 112 cm³/mol. The van der Waals surface area contributed by atoms with Gasteiger partial charge in [0.05, 0.1) is 4.91 Å². The molecule has 1 aliphatic heterocycles. The second kappa shape index (κ2) is 8.52. The van der Waals surface area contributed by atoms with E-state index in [0.717, 1.165) is 22.2 Å². The van der Waals surface area contributed by atoms with Crippen LogP contribution in [0.3, 0.4) is 0 Å². The van der Waals surface area contributed by atoms with E-state index in [2.05, 4.69) is 0 Å². The molecule has 7 heteroatoms. The molecule has 0 spiro atoms. The molecule has 3 rings (SSSR count). The fourth-order valence-electron chi connectivity index (χ4n) is 2.62. The lowest BCUT2D eigenvalue weighted by Gasteiger charge is -2.23. The molecule has 2 aromatic rings. The molecule has 136 valence electrons. The van der Waals surface area contributed by atoms with E-state index in [1.165, 1.54) is 6.08 Å². The highest BCUT2D eigenvalue weighted by molar-refractivity contribution is 8.26. The summed E-state index contributed by atoms with van der Waals surface area (Å²) in [5.41, 5.74) is 1.37. The van der Waals surface area contributed by atoms with Crippen LogP contribution in [0.5, 0.6) is 0 Å². The van der Waals surface area contributed by atoms with Gasteiger partial charge in [0, 0.05) is 5.03 Å². The Hall–Kier alpha value is -2.41. The maximum Gasteiger partial charge on any atom is 0.331 e. The van der Waals surface area contributed by atoms with Crippen molar-refractivity contribution in [1.82, 2.24) is 4.90 Å². The molecule has 1 aliphatic rings. The van der Waals surface area contributed by atoms with Gasteiger partial charge in [-0.15, -0.1) is 0 Å². The molecule has 1 N–H and O–H groups in total. The molecule has 0 bridgehead atoms. The van der Waals surface area contributed by atoms with Gasteiger partial charge in [-0.05, 0) is 23.3 Å². The topological polar surface area (TPSA) is 57.6 Å². The molecule has 0 aliphatic carbocycles. The van der Waals surface area contributed by atoms with E-state index in [4.69, 9.17) is 23.8 Å². The Morgan fingerprint density at radius 1 is 1.11 bits per heavy atom. The van der Waals surface area contributed by atoms with Crippen molar-refractivity contribution in [3.63, 3.8) is 0 Å². The number of benzene rings is 2. The molecule has 0 saturated carbocycles. The average Bonchev–Trinajstić information content (AvgIpc) is 2.91. The highest BCUT2D eigenvalue weighted by Gasteiger charge is 2.41. The third-order valence-electron chi connectivity index (χ3n) is 3.80. The zero-order chi connectivity index (χ0) is 19.4. The number of carboxylic acid groups (broad SMARTS) is 1. The first-order valence-electron chi connectivity index (χ1n) is 7.94. The highest BCUT2D eigenvalue weighted by atomic mass is 35.5. The summed E-state index contributed by atoms with van der Waals surface area (Å²) in [5, 5.41) is 10.0. The van der Waals surface area contributed by atoms with Crippen LogP contribution >= 0.6 is 35.6 Å². The smallest absolute Gasteiger partial charge is 0.331 e. The predicted octanol–water partition coefficient (Wildman–Crippen LogP) is 4.84. The number of aliphatic carboxylic acids is 1. The van der Waals surface area contributed by atoms with E-state index in [0.29, 0.717) is 15.5 Å². The lowest BCUT2D eigenvalue weighted by atomic mass is 10.1. The van der Waals surface area contributed by atoms with Crippen LogP contribution < -0.4 is 0 Å². The Balaban J connectivity index is 1.90. The number of hydrogen-bond acceptors (Lipinski definition) is 4. The van der Waals surface area contributed by atoms with Crippen molar-refractivity contribution in [3.05, 3.63) is 87.8 Å². The van der Waals surface area contributed by atoms with Gasteiger partial charge in [-0.25, -0.2) is 4.79 Å². The maximum atomic E-state index is 12.8.